The van der Waals surface area contributed by atoms with Gasteiger partial charge in [0.05, 0.1) is 37.4 Å². The third-order valence-electron chi connectivity index (χ3n) is 16.3. The van der Waals surface area contributed by atoms with Gasteiger partial charge in [0.15, 0.2) is 0 Å². The molecule has 20 nitrogen and oxygen atoms in total. The summed E-state index contributed by atoms with van der Waals surface area (Å²) >= 11 is 0. The van der Waals surface area contributed by atoms with Gasteiger partial charge in [-0.1, -0.05) is 156 Å². The van der Waals surface area contributed by atoms with Crippen LogP contribution in [-0.4, -0.2) is 132 Å². The number of carbonyl (C=O) groups is 9. The summed E-state index contributed by atoms with van der Waals surface area (Å²) in [5.74, 6) is -3.55. The molecule has 0 aliphatic heterocycles. The fourth-order valence-corrected chi connectivity index (χ4v) is 10.2. The smallest absolute Gasteiger partial charge is 0.410 e. The minimum Gasteiger partial charge on any atom is -0.469 e. The maximum atomic E-state index is 13.5. The van der Waals surface area contributed by atoms with Crippen molar-refractivity contribution < 1.29 is 71.2 Å². The molecule has 0 aliphatic carbocycles. The molecule has 21 heteroatoms. The third kappa shape index (κ3) is 29.0. The van der Waals surface area contributed by atoms with Crippen LogP contribution in [-0.2, 0) is 65.3 Å². The molecule has 0 fully saturated rings. The second-order valence-electron chi connectivity index (χ2n) is 26.6. The van der Waals surface area contributed by atoms with Crippen molar-refractivity contribution in [2.45, 2.75) is 198 Å². The van der Waals surface area contributed by atoms with Gasteiger partial charge in [0.2, 0.25) is 5.91 Å². The monoisotopic (exact) mass is 1310 g/mol. The minimum absolute atomic E-state index is 0.00222. The van der Waals surface area contributed by atoms with Crippen molar-refractivity contribution in [1.82, 2.24) is 30.4 Å². The first-order valence-electron chi connectivity index (χ1n) is 32.5. The topological polar surface area (TPSA) is 256 Å². The Bertz CT molecular complexity index is 3050. The number of amides is 4. The van der Waals surface area contributed by atoms with E-state index in [2.05, 4.69) is 20.6 Å². The van der Waals surface area contributed by atoms with E-state index in [1.165, 1.54) is 33.0 Å². The fraction of sp³-hybridized carbons (Fsp3) is 0.575. The molecule has 10 atom stereocenters. The number of aromatic nitrogens is 2. The zero-order valence-corrected chi connectivity index (χ0v) is 59.4. The number of halogens is 1. The number of hydrogen-bond acceptors (Lipinski definition) is 16. The van der Waals surface area contributed by atoms with Crippen molar-refractivity contribution >= 4 is 53.7 Å². The number of ether oxygens (including phenoxy) is 5. The molecule has 520 valence electrons. The van der Waals surface area contributed by atoms with Gasteiger partial charge >= 0.3 is 36.0 Å². The number of benzene rings is 2. The Morgan fingerprint density at radius 3 is 1.15 bits per heavy atom. The first kappa shape index (κ1) is 82.0. The van der Waals surface area contributed by atoms with Gasteiger partial charge in [-0.3, -0.25) is 38.4 Å². The molecule has 2 aromatic carbocycles. The zero-order valence-electron chi connectivity index (χ0n) is 59.4. The summed E-state index contributed by atoms with van der Waals surface area (Å²) in [6.45, 7) is 30.7. The summed E-state index contributed by atoms with van der Waals surface area (Å²) in [4.78, 5) is 124. The van der Waals surface area contributed by atoms with Gasteiger partial charge in [-0.25, -0.2) is 14.8 Å². The normalized spacial score (nSPS) is 14.4. The Labute approximate surface area is 557 Å². The van der Waals surface area contributed by atoms with E-state index in [1.54, 1.807) is 96.9 Å². The van der Waals surface area contributed by atoms with Gasteiger partial charge in [0.25, 0.3) is 11.8 Å². The van der Waals surface area contributed by atoms with Crippen LogP contribution in [0.3, 0.4) is 0 Å². The molecular formula is C73H107FN6O14. The number of methoxy groups -OCH3 is 2. The van der Waals surface area contributed by atoms with Crippen LogP contribution in [0.2, 0.25) is 0 Å². The highest BCUT2D eigenvalue weighted by Gasteiger charge is 2.35. The second-order valence-corrected chi connectivity index (χ2v) is 26.6. The Morgan fingerprint density at radius 1 is 0.489 bits per heavy atom. The van der Waals surface area contributed by atoms with Crippen molar-refractivity contribution in [3.8, 4) is 0 Å². The highest BCUT2D eigenvalue weighted by Crippen LogP contribution is 2.31. The lowest BCUT2D eigenvalue weighted by atomic mass is 9.91. The van der Waals surface area contributed by atoms with Gasteiger partial charge in [-0.15, -0.1) is 0 Å². The van der Waals surface area contributed by atoms with Gasteiger partial charge in [-0.05, 0) is 106 Å². The van der Waals surface area contributed by atoms with E-state index in [0.717, 1.165) is 11.1 Å². The summed E-state index contributed by atoms with van der Waals surface area (Å²) in [7, 11) is 6.13. The number of hydrogen-bond donors (Lipinski definition) is 2. The molecule has 0 saturated carbocycles. The molecular weight excluding hydrogens is 1200 g/mol. The summed E-state index contributed by atoms with van der Waals surface area (Å²) in [6, 6.07) is 26.9. The fourth-order valence-electron chi connectivity index (χ4n) is 10.2. The number of carbonyl (C=O) groups excluding carboxylic acids is 9. The molecule has 0 radical (unpaired) electrons. The number of rotatable bonds is 30. The van der Waals surface area contributed by atoms with Gasteiger partial charge in [0.1, 0.15) is 29.2 Å². The molecule has 2 heterocycles. The first-order valence-corrected chi connectivity index (χ1v) is 32.5. The van der Waals surface area contributed by atoms with Crippen LogP contribution >= 0.6 is 0 Å². The van der Waals surface area contributed by atoms with Gasteiger partial charge < -0.3 is 44.1 Å². The summed E-state index contributed by atoms with van der Waals surface area (Å²) < 4.78 is 38.4. The summed E-state index contributed by atoms with van der Waals surface area (Å²) in [5, 5.41) is 6.07. The Hall–Kier alpha value is -8.10. The number of pyridine rings is 2. The maximum Gasteiger partial charge on any atom is 0.410 e. The summed E-state index contributed by atoms with van der Waals surface area (Å²) in [6.07, 6.45) is 0.299. The van der Waals surface area contributed by atoms with Gasteiger partial charge in [0, 0.05) is 76.8 Å². The van der Waals surface area contributed by atoms with Crippen molar-refractivity contribution in [2.24, 2.45) is 47.3 Å². The standard InChI is InChI=1S/C34H49N3O6.C33H47N3O7.C6H11FO/c1-21(2)24(6)33(40)37(8)30(22(3)4)20-31(43-25(7)38)28-16-13-17-29(36-28)32(39)35-27(18-23(5)34(41)42-9)19-26-14-11-10-12-15-26;1-21(2)28(36(8)32(40)43-33(5,6)7)20-29(42-23(4)37)26-16-13-17-27(35-26)30(38)34-25(18-22(3)31(39)41-9)19-24-14-11-10-12-15-24;1-4(2)5(3)6(7)8/h10-17,21-24,27,30-31H,18-20H2,1-9H3,(H,35,39);10-17,21-22,25,28-29H,18-20H2,1-9H3,(H,34,38);4-5H,1-3H3/t23-,24-,27+,30+,31+;22-,25+,28+,29+;5-/m000/s1. The number of esters is 4. The van der Waals surface area contributed by atoms with Gasteiger partial charge in [-0.2, -0.15) is 4.39 Å². The molecule has 0 spiro atoms. The summed E-state index contributed by atoms with van der Waals surface area (Å²) in [5.41, 5.74) is 2.47. The molecule has 0 bridgehead atoms. The van der Waals surface area contributed by atoms with Crippen molar-refractivity contribution in [1.29, 1.82) is 0 Å². The Kier molecular flexibility index (Phi) is 35.1. The van der Waals surface area contributed by atoms with Crippen LogP contribution in [0.1, 0.15) is 199 Å². The molecule has 2 N–H and O–H groups in total. The lowest BCUT2D eigenvalue weighted by Crippen LogP contribution is -2.45. The van der Waals surface area contributed by atoms with E-state index < -0.39 is 71.4 Å². The molecule has 0 aliphatic rings. The van der Waals surface area contributed by atoms with E-state index in [9.17, 15) is 47.5 Å². The van der Waals surface area contributed by atoms with Crippen LogP contribution in [0, 0.1) is 47.3 Å². The quantitative estimate of drug-likeness (QED) is 0.0279. The third-order valence-corrected chi connectivity index (χ3v) is 16.3. The highest BCUT2D eigenvalue weighted by atomic mass is 19.1. The molecule has 0 saturated heterocycles. The number of nitrogens with zero attached hydrogens (tertiary/aromatic N) is 4. The van der Waals surface area contributed by atoms with Crippen molar-refractivity contribution in [2.75, 3.05) is 28.3 Å². The highest BCUT2D eigenvalue weighted by molar-refractivity contribution is 5.93. The predicted molar refractivity (Wildman–Crippen MR) is 359 cm³/mol. The molecule has 4 amide bonds. The molecule has 94 heavy (non-hydrogen) atoms. The molecule has 2 aromatic heterocycles. The first-order chi connectivity index (χ1) is 43.9. The Balaban J connectivity index is 0.000000572. The SMILES string of the molecule is CC(C)[C@H](C)C(=O)F.COC(=O)[C@@H](C)C[C@H](Cc1ccccc1)NC(=O)c1cccc([C@@H](C[C@H](C(C)C)N(C)C(=O)OC(C)(C)C)OC(C)=O)n1.COC(=O)[C@@H](C)C[C@H](Cc1ccccc1)NC(=O)c1cccc([C@@H](C[C@H](C(C)C)N(C)C(=O)[C@@H](C)C(C)C)OC(C)=O)n1. The van der Waals surface area contributed by atoms with E-state index in [0.29, 0.717) is 43.5 Å². The average Bonchev–Trinajstić information content (AvgIpc) is 0.848. The van der Waals surface area contributed by atoms with Crippen molar-refractivity contribution in [3.05, 3.63) is 131 Å². The maximum absolute atomic E-state index is 13.5. The Morgan fingerprint density at radius 2 is 0.851 bits per heavy atom. The molecule has 4 rings (SSSR count). The second kappa shape index (κ2) is 40.2. The predicted octanol–water partition coefficient (Wildman–Crippen LogP) is 12.7. The van der Waals surface area contributed by atoms with E-state index >= 15 is 0 Å². The van der Waals surface area contributed by atoms with E-state index in [-0.39, 0.29) is 89.4 Å². The largest absolute Gasteiger partial charge is 0.469 e. The van der Waals surface area contributed by atoms with Crippen LogP contribution in [0.25, 0.3) is 0 Å². The van der Waals surface area contributed by atoms with Crippen molar-refractivity contribution in [3.63, 3.8) is 0 Å². The zero-order chi connectivity index (χ0) is 71.3. The lowest BCUT2D eigenvalue weighted by Gasteiger charge is -2.36. The molecule has 0 unspecified atom stereocenters. The average molecular weight is 1310 g/mol. The van der Waals surface area contributed by atoms with Crippen LogP contribution in [0.15, 0.2) is 97.1 Å². The number of nitrogens with one attached hydrogen (secondary N) is 2. The van der Waals surface area contributed by atoms with Crippen LogP contribution in [0.5, 0.6) is 0 Å². The molecule has 4 aromatic rings. The van der Waals surface area contributed by atoms with Crippen LogP contribution < -0.4 is 10.6 Å². The van der Waals surface area contributed by atoms with E-state index in [1.807, 2.05) is 123 Å². The minimum atomic E-state index is -1.21. The lowest BCUT2D eigenvalue weighted by molar-refractivity contribution is -0.150. The van der Waals surface area contributed by atoms with Crippen LogP contribution in [0.4, 0.5) is 9.18 Å². The van der Waals surface area contributed by atoms with E-state index in [4.69, 9.17) is 23.7 Å².